The summed E-state index contributed by atoms with van der Waals surface area (Å²) in [5.74, 6) is -1.86. The van der Waals surface area contributed by atoms with Crippen LogP contribution in [0.5, 0.6) is 0 Å². The van der Waals surface area contributed by atoms with E-state index in [-0.39, 0.29) is 16.8 Å². The van der Waals surface area contributed by atoms with Gasteiger partial charge in [0, 0.05) is 0 Å². The Morgan fingerprint density at radius 3 is 1.52 bits per heavy atom. The molecule has 154 valence electrons. The van der Waals surface area contributed by atoms with Gasteiger partial charge in [-0.05, 0) is 34.4 Å². The van der Waals surface area contributed by atoms with Gasteiger partial charge in [0.05, 0.1) is 36.2 Å². The Morgan fingerprint density at radius 1 is 0.677 bits per heavy atom. The molecule has 1 aliphatic heterocycles. The lowest BCUT2D eigenvalue weighted by molar-refractivity contribution is -0.122. The Balaban J connectivity index is 1.67. The van der Waals surface area contributed by atoms with Crippen LogP contribution in [0.25, 0.3) is 0 Å². The van der Waals surface area contributed by atoms with E-state index in [1.807, 2.05) is 48.5 Å². The maximum Gasteiger partial charge on any atom is 0.239 e. The van der Waals surface area contributed by atoms with Crippen molar-refractivity contribution < 1.29 is 9.59 Å². The minimum absolute atomic E-state index is 0.194. The van der Waals surface area contributed by atoms with Crippen LogP contribution in [0.3, 0.4) is 0 Å². The average Bonchev–Trinajstić information content (AvgIpc) is 3.05. The first kappa shape index (κ1) is 20.0. The number of alkyl halides is 2. The molecule has 3 nitrogen and oxygen atoms in total. The summed E-state index contributed by atoms with van der Waals surface area (Å²) in [6.45, 7) is 0. The number of rotatable bonds is 1. The first-order valence-electron chi connectivity index (χ1n) is 9.72. The van der Waals surface area contributed by atoms with Crippen LogP contribution in [0.1, 0.15) is 22.3 Å². The highest BCUT2D eigenvalue weighted by molar-refractivity contribution is 9.10. The Kier molecular flexibility index (Phi) is 4.15. The molecule has 0 aromatic heterocycles. The molecule has 2 amide bonds. The van der Waals surface area contributed by atoms with Crippen molar-refractivity contribution in [1.29, 1.82) is 0 Å². The van der Waals surface area contributed by atoms with Crippen LogP contribution in [0.2, 0.25) is 10.0 Å². The third-order valence-electron chi connectivity index (χ3n) is 6.76. The first-order chi connectivity index (χ1) is 14.8. The molecule has 0 saturated carbocycles. The monoisotopic (exact) mass is 575 g/mol. The number of hydrogen-bond acceptors (Lipinski definition) is 2. The Morgan fingerprint density at radius 2 is 1.10 bits per heavy atom. The lowest BCUT2D eigenvalue weighted by atomic mass is 9.54. The second kappa shape index (κ2) is 6.44. The van der Waals surface area contributed by atoms with Crippen molar-refractivity contribution >= 4 is 72.6 Å². The third-order valence-corrected chi connectivity index (χ3v) is 10.3. The number of anilines is 1. The standard InChI is InChI=1S/C24H13Br2Cl2NO2/c25-23-12-6-1-2-7-13(12)24(26,15-9-4-3-8-14(15)23)19-18(23)21(30)29(22(19)31)17-11-5-10-16(27)20(17)28/h1-11,18-19H/t18-,19-,23?,24?/m0/s1. The van der Waals surface area contributed by atoms with Crippen LogP contribution >= 0.6 is 55.1 Å². The smallest absolute Gasteiger partial charge is 0.239 e. The molecule has 31 heavy (non-hydrogen) atoms. The summed E-state index contributed by atoms with van der Waals surface area (Å²) < 4.78 is -1.65. The molecule has 3 aliphatic carbocycles. The SMILES string of the molecule is O=C1[C@@H]2[C@@H](C(=O)N1c1cccc(Cl)c1Cl)C1(Br)c3ccccc3C2(Br)c2ccccc21. The van der Waals surface area contributed by atoms with E-state index >= 15 is 0 Å². The highest BCUT2D eigenvalue weighted by Gasteiger charge is 2.72. The van der Waals surface area contributed by atoms with Crippen molar-refractivity contribution in [2.45, 2.75) is 8.65 Å². The first-order valence-corrected chi connectivity index (χ1v) is 12.1. The molecule has 1 heterocycles. The van der Waals surface area contributed by atoms with Crippen molar-refractivity contribution in [3.8, 4) is 0 Å². The quantitative estimate of drug-likeness (QED) is 0.248. The van der Waals surface area contributed by atoms with Gasteiger partial charge in [-0.15, -0.1) is 0 Å². The van der Waals surface area contributed by atoms with Gasteiger partial charge in [-0.2, -0.15) is 0 Å². The summed E-state index contributed by atoms with van der Waals surface area (Å²) in [6.07, 6.45) is 0. The normalized spacial score (nSPS) is 30.3. The molecule has 2 atom stereocenters. The number of imide groups is 1. The molecule has 7 heteroatoms. The zero-order chi connectivity index (χ0) is 21.7. The molecule has 1 saturated heterocycles. The predicted octanol–water partition coefficient (Wildman–Crippen LogP) is 6.40. The average molecular weight is 578 g/mol. The number of carbonyl (C=O) groups excluding carboxylic acids is 2. The molecule has 0 spiro atoms. The summed E-state index contributed by atoms with van der Waals surface area (Å²) in [4.78, 5) is 29.1. The molecular formula is C24H13Br2Cl2NO2. The van der Waals surface area contributed by atoms with Crippen molar-refractivity contribution in [3.05, 3.63) is 99.0 Å². The number of hydrogen-bond donors (Lipinski definition) is 0. The van der Waals surface area contributed by atoms with Crippen LogP contribution in [0, 0.1) is 11.8 Å². The van der Waals surface area contributed by atoms with Gasteiger partial charge in [0.1, 0.15) is 0 Å². The number of nitrogens with zero attached hydrogens (tertiary/aromatic N) is 1. The fourth-order valence-corrected chi connectivity index (χ4v) is 8.25. The van der Waals surface area contributed by atoms with Crippen LogP contribution in [0.15, 0.2) is 66.7 Å². The van der Waals surface area contributed by atoms with E-state index in [1.165, 1.54) is 4.90 Å². The van der Waals surface area contributed by atoms with Gasteiger partial charge < -0.3 is 0 Å². The molecule has 3 aromatic carbocycles. The lowest BCUT2D eigenvalue weighted by Crippen LogP contribution is -2.56. The minimum atomic E-state index is -0.826. The summed E-state index contributed by atoms with van der Waals surface area (Å²) in [5, 5.41) is 0.491. The molecule has 7 rings (SSSR count). The maximum atomic E-state index is 13.9. The summed E-state index contributed by atoms with van der Waals surface area (Å²) in [7, 11) is 0. The fourth-order valence-electron chi connectivity index (χ4n) is 5.57. The summed E-state index contributed by atoms with van der Waals surface area (Å²) >= 11 is 20.6. The fraction of sp³-hybridized carbons (Fsp3) is 0.167. The van der Waals surface area contributed by atoms with E-state index in [9.17, 15) is 9.59 Å². The van der Waals surface area contributed by atoms with Gasteiger partial charge in [0.15, 0.2) is 0 Å². The van der Waals surface area contributed by atoms with Crippen LogP contribution in [-0.4, -0.2) is 11.8 Å². The Bertz CT molecular complexity index is 1200. The van der Waals surface area contributed by atoms with Gasteiger partial charge in [-0.3, -0.25) is 9.59 Å². The largest absolute Gasteiger partial charge is 0.274 e. The molecule has 0 radical (unpaired) electrons. The van der Waals surface area contributed by atoms with Gasteiger partial charge in [-0.1, -0.05) is 110 Å². The molecule has 1 fully saturated rings. The van der Waals surface area contributed by atoms with E-state index in [1.54, 1.807) is 18.2 Å². The maximum absolute atomic E-state index is 13.9. The highest BCUT2D eigenvalue weighted by atomic mass is 79.9. The van der Waals surface area contributed by atoms with Gasteiger partial charge in [0.2, 0.25) is 11.8 Å². The number of carbonyl (C=O) groups is 2. The van der Waals surface area contributed by atoms with Gasteiger partial charge in [-0.25, -0.2) is 4.90 Å². The molecule has 4 aliphatic rings. The van der Waals surface area contributed by atoms with E-state index in [2.05, 4.69) is 31.9 Å². The van der Waals surface area contributed by atoms with E-state index in [0.29, 0.717) is 10.7 Å². The van der Waals surface area contributed by atoms with Crippen molar-refractivity contribution in [2.75, 3.05) is 4.90 Å². The summed E-state index contributed by atoms with van der Waals surface area (Å²) in [5.41, 5.74) is 4.29. The zero-order valence-electron chi connectivity index (χ0n) is 15.8. The number of benzene rings is 3. The Hall–Kier alpha value is -1.66. The van der Waals surface area contributed by atoms with Crippen molar-refractivity contribution in [1.82, 2.24) is 0 Å². The molecule has 3 aromatic rings. The van der Waals surface area contributed by atoms with Crippen molar-refractivity contribution in [3.63, 3.8) is 0 Å². The summed E-state index contributed by atoms with van der Waals surface area (Å²) in [6, 6.07) is 20.9. The Labute approximate surface area is 205 Å². The number of amides is 2. The molecule has 2 bridgehead atoms. The van der Waals surface area contributed by atoms with E-state index < -0.39 is 20.5 Å². The topological polar surface area (TPSA) is 37.4 Å². The lowest BCUT2D eigenvalue weighted by Gasteiger charge is -2.55. The second-order valence-corrected chi connectivity index (χ2v) is 11.3. The highest BCUT2D eigenvalue weighted by Crippen LogP contribution is 2.71. The van der Waals surface area contributed by atoms with Crippen molar-refractivity contribution in [2.24, 2.45) is 11.8 Å². The minimum Gasteiger partial charge on any atom is -0.274 e. The van der Waals surface area contributed by atoms with E-state index in [4.69, 9.17) is 23.2 Å². The molecule has 0 unspecified atom stereocenters. The van der Waals surface area contributed by atoms with Crippen LogP contribution in [0.4, 0.5) is 5.69 Å². The third kappa shape index (κ3) is 2.21. The molecule has 0 N–H and O–H groups in total. The zero-order valence-corrected chi connectivity index (χ0v) is 20.5. The second-order valence-electron chi connectivity index (χ2n) is 8.05. The number of halogens is 4. The van der Waals surface area contributed by atoms with Crippen LogP contribution in [-0.2, 0) is 18.2 Å². The predicted molar refractivity (Wildman–Crippen MR) is 128 cm³/mol. The van der Waals surface area contributed by atoms with Crippen LogP contribution < -0.4 is 4.90 Å². The van der Waals surface area contributed by atoms with E-state index in [0.717, 1.165) is 22.3 Å². The van der Waals surface area contributed by atoms with Gasteiger partial charge in [0.25, 0.3) is 0 Å². The van der Waals surface area contributed by atoms with Gasteiger partial charge >= 0.3 is 0 Å². The molecular weight excluding hydrogens is 565 g/mol.